The molecule has 2 heterocycles. The van der Waals surface area contributed by atoms with Crippen molar-refractivity contribution in [1.29, 1.82) is 0 Å². The lowest BCUT2D eigenvalue weighted by Gasteiger charge is -2.14. The fraction of sp³-hybridized carbons (Fsp3) is 0.238. The highest BCUT2D eigenvalue weighted by atomic mass is 16.5. The van der Waals surface area contributed by atoms with E-state index in [0.29, 0.717) is 12.3 Å². The van der Waals surface area contributed by atoms with Gasteiger partial charge in [0.1, 0.15) is 18.1 Å². The molecule has 2 aromatic heterocycles. The zero-order valence-corrected chi connectivity index (χ0v) is 15.6. The molecule has 1 amide bonds. The zero-order valence-electron chi connectivity index (χ0n) is 15.6. The summed E-state index contributed by atoms with van der Waals surface area (Å²) < 4.78 is 13.2. The van der Waals surface area contributed by atoms with E-state index in [2.05, 4.69) is 11.7 Å². The molecule has 6 nitrogen and oxygen atoms in total. The van der Waals surface area contributed by atoms with Crippen LogP contribution in [-0.2, 0) is 26.6 Å². The second-order valence-corrected chi connectivity index (χ2v) is 6.30. The molecule has 0 radical (unpaired) electrons. The molecule has 0 saturated carbocycles. The van der Waals surface area contributed by atoms with Crippen LogP contribution in [0.2, 0.25) is 0 Å². The SMILES string of the molecule is C=CCc1ccccc1OCc1ccc(C(=O)N(C)Cc2ccn(C)n2)o1. The van der Waals surface area contributed by atoms with Gasteiger partial charge in [-0.25, -0.2) is 0 Å². The van der Waals surface area contributed by atoms with Crippen molar-refractivity contribution in [3.05, 3.63) is 84.1 Å². The molecule has 0 bridgehead atoms. The van der Waals surface area contributed by atoms with Crippen LogP contribution in [0.5, 0.6) is 5.75 Å². The van der Waals surface area contributed by atoms with Crippen LogP contribution < -0.4 is 4.74 Å². The van der Waals surface area contributed by atoms with E-state index < -0.39 is 0 Å². The van der Waals surface area contributed by atoms with Crippen LogP contribution in [0.4, 0.5) is 0 Å². The molecule has 6 heteroatoms. The van der Waals surface area contributed by atoms with Gasteiger partial charge >= 0.3 is 0 Å². The van der Waals surface area contributed by atoms with Gasteiger partial charge in [0, 0.05) is 20.3 Å². The minimum Gasteiger partial charge on any atom is -0.485 e. The Morgan fingerprint density at radius 2 is 2.11 bits per heavy atom. The molecular formula is C21H23N3O3. The van der Waals surface area contributed by atoms with E-state index in [4.69, 9.17) is 9.15 Å². The number of aryl methyl sites for hydroxylation is 1. The summed E-state index contributed by atoms with van der Waals surface area (Å²) in [6, 6.07) is 13.1. The van der Waals surface area contributed by atoms with E-state index in [-0.39, 0.29) is 18.3 Å². The first-order valence-electron chi connectivity index (χ1n) is 8.71. The third kappa shape index (κ3) is 4.67. The molecule has 0 aliphatic rings. The van der Waals surface area contributed by atoms with Crippen molar-refractivity contribution in [1.82, 2.24) is 14.7 Å². The quantitative estimate of drug-likeness (QED) is 0.572. The third-order valence-electron chi connectivity index (χ3n) is 4.09. The maximum Gasteiger partial charge on any atom is 0.289 e. The van der Waals surface area contributed by atoms with E-state index in [1.165, 1.54) is 0 Å². The normalized spacial score (nSPS) is 10.6. The first kappa shape index (κ1) is 18.5. The summed E-state index contributed by atoms with van der Waals surface area (Å²) in [5, 5.41) is 4.28. The van der Waals surface area contributed by atoms with Gasteiger partial charge in [0.15, 0.2) is 5.76 Å². The van der Waals surface area contributed by atoms with Gasteiger partial charge in [-0.1, -0.05) is 24.3 Å². The molecule has 0 aliphatic carbocycles. The van der Waals surface area contributed by atoms with Crippen molar-refractivity contribution in [2.45, 2.75) is 19.6 Å². The molecule has 1 aromatic carbocycles. The van der Waals surface area contributed by atoms with Crippen molar-refractivity contribution in [2.24, 2.45) is 7.05 Å². The van der Waals surface area contributed by atoms with Gasteiger partial charge in [-0.2, -0.15) is 5.10 Å². The standard InChI is InChI=1S/C21H23N3O3/c1-4-7-16-8-5-6-9-19(16)26-15-18-10-11-20(27-18)21(25)23(2)14-17-12-13-24(3)22-17/h4-6,8-13H,1,7,14-15H2,2-3H3. The van der Waals surface area contributed by atoms with E-state index in [9.17, 15) is 4.79 Å². The number of ether oxygens (including phenoxy) is 1. The summed E-state index contributed by atoms with van der Waals surface area (Å²) in [5.41, 5.74) is 1.88. The molecule has 0 spiro atoms. The Morgan fingerprint density at radius 1 is 1.30 bits per heavy atom. The maximum atomic E-state index is 12.5. The van der Waals surface area contributed by atoms with Gasteiger partial charge in [-0.3, -0.25) is 9.48 Å². The summed E-state index contributed by atoms with van der Waals surface area (Å²) in [5.74, 6) is 1.47. The Balaban J connectivity index is 1.61. The number of para-hydroxylation sites is 1. The summed E-state index contributed by atoms with van der Waals surface area (Å²) in [6.07, 6.45) is 4.42. The molecule has 140 valence electrons. The topological polar surface area (TPSA) is 60.5 Å². The number of carbonyl (C=O) groups excluding carboxylic acids is 1. The molecule has 0 saturated heterocycles. The third-order valence-corrected chi connectivity index (χ3v) is 4.09. The molecule has 3 rings (SSSR count). The van der Waals surface area contributed by atoms with Crippen molar-refractivity contribution < 1.29 is 13.9 Å². The van der Waals surface area contributed by atoms with Gasteiger partial charge in [0.25, 0.3) is 5.91 Å². The molecule has 3 aromatic rings. The number of carbonyl (C=O) groups is 1. The van der Waals surface area contributed by atoms with Crippen LogP contribution in [0.3, 0.4) is 0 Å². The van der Waals surface area contributed by atoms with Gasteiger partial charge in [0.2, 0.25) is 0 Å². The van der Waals surface area contributed by atoms with Crippen LogP contribution in [0.25, 0.3) is 0 Å². The van der Waals surface area contributed by atoms with Crippen molar-refractivity contribution in [2.75, 3.05) is 7.05 Å². The highest BCUT2D eigenvalue weighted by Gasteiger charge is 2.17. The van der Waals surface area contributed by atoms with E-state index in [1.807, 2.05) is 49.7 Å². The minimum absolute atomic E-state index is 0.195. The predicted octanol–water partition coefficient (Wildman–Crippen LogP) is 3.59. The fourth-order valence-electron chi connectivity index (χ4n) is 2.74. The average molecular weight is 365 g/mol. The highest BCUT2D eigenvalue weighted by molar-refractivity contribution is 5.91. The number of rotatable bonds is 8. The fourth-order valence-corrected chi connectivity index (χ4v) is 2.74. The van der Waals surface area contributed by atoms with Crippen LogP contribution in [0, 0.1) is 0 Å². The van der Waals surface area contributed by atoms with E-state index >= 15 is 0 Å². The molecule has 27 heavy (non-hydrogen) atoms. The Morgan fingerprint density at radius 3 is 2.85 bits per heavy atom. The Labute approximate surface area is 158 Å². The Kier molecular flexibility index (Phi) is 5.76. The summed E-state index contributed by atoms with van der Waals surface area (Å²) >= 11 is 0. The van der Waals surface area contributed by atoms with Crippen LogP contribution in [-0.4, -0.2) is 27.6 Å². The van der Waals surface area contributed by atoms with Gasteiger partial charge in [0.05, 0.1) is 12.2 Å². The van der Waals surface area contributed by atoms with Gasteiger partial charge in [-0.15, -0.1) is 6.58 Å². The van der Waals surface area contributed by atoms with Crippen molar-refractivity contribution in [3.8, 4) is 5.75 Å². The number of aromatic nitrogens is 2. The number of furan rings is 1. The van der Waals surface area contributed by atoms with Crippen LogP contribution >= 0.6 is 0 Å². The summed E-state index contributed by atoms with van der Waals surface area (Å²) in [4.78, 5) is 14.1. The zero-order chi connectivity index (χ0) is 19.2. The smallest absolute Gasteiger partial charge is 0.289 e. The second kappa shape index (κ2) is 8.40. The van der Waals surface area contributed by atoms with Crippen molar-refractivity contribution >= 4 is 5.91 Å². The summed E-state index contributed by atoms with van der Waals surface area (Å²) in [7, 11) is 3.57. The lowest BCUT2D eigenvalue weighted by Crippen LogP contribution is -2.26. The van der Waals surface area contributed by atoms with Gasteiger partial charge in [-0.05, 0) is 36.2 Å². The van der Waals surface area contributed by atoms with Crippen LogP contribution in [0.1, 0.15) is 27.6 Å². The van der Waals surface area contributed by atoms with E-state index in [1.54, 1.807) is 28.8 Å². The first-order valence-corrected chi connectivity index (χ1v) is 8.71. The molecule has 0 unspecified atom stereocenters. The van der Waals surface area contributed by atoms with E-state index in [0.717, 1.165) is 23.4 Å². The predicted molar refractivity (Wildman–Crippen MR) is 102 cm³/mol. The van der Waals surface area contributed by atoms with Crippen LogP contribution in [0.15, 0.2) is 65.7 Å². The number of hydrogen-bond donors (Lipinski definition) is 0. The number of nitrogens with zero attached hydrogens (tertiary/aromatic N) is 3. The first-order chi connectivity index (χ1) is 13.1. The largest absolute Gasteiger partial charge is 0.485 e. The molecule has 0 fully saturated rings. The Bertz CT molecular complexity index is 926. The van der Waals surface area contributed by atoms with Crippen molar-refractivity contribution in [3.63, 3.8) is 0 Å². The minimum atomic E-state index is -0.195. The molecule has 0 atom stereocenters. The number of hydrogen-bond acceptors (Lipinski definition) is 4. The molecule has 0 aliphatic heterocycles. The lowest BCUT2D eigenvalue weighted by molar-refractivity contribution is 0.0747. The van der Waals surface area contributed by atoms with Gasteiger partial charge < -0.3 is 14.1 Å². The lowest BCUT2D eigenvalue weighted by atomic mass is 10.1. The maximum absolute atomic E-state index is 12.5. The average Bonchev–Trinajstić information content (AvgIpc) is 3.29. The Hall–Kier alpha value is -3.28. The summed E-state index contributed by atoms with van der Waals surface area (Å²) in [6.45, 7) is 4.44. The second-order valence-electron chi connectivity index (χ2n) is 6.30. The monoisotopic (exact) mass is 365 g/mol. The number of benzene rings is 1. The molecule has 0 N–H and O–H groups in total. The highest BCUT2D eigenvalue weighted by Crippen LogP contribution is 2.21. The number of allylic oxidation sites excluding steroid dienone is 1. The molecular weight excluding hydrogens is 342 g/mol. The number of amides is 1.